The fraction of sp³-hybridized carbons (Fsp3) is 0.364. The number of nitrogens with zero attached hydrogens (tertiary/aromatic N) is 1. The fourth-order valence-electron chi connectivity index (χ4n) is 1.51. The van der Waals surface area contributed by atoms with Crippen LogP contribution < -0.4 is 4.74 Å². The van der Waals surface area contributed by atoms with Crippen molar-refractivity contribution in [2.45, 2.75) is 19.4 Å². The first kappa shape index (κ1) is 9.98. The molecule has 80 valence electrons. The van der Waals surface area contributed by atoms with Crippen LogP contribution in [0.4, 0.5) is 0 Å². The normalized spacial score (nSPS) is 12.0. The molecule has 0 unspecified atom stereocenters. The summed E-state index contributed by atoms with van der Waals surface area (Å²) in [5, 5.41) is 9.95. The number of aliphatic hydroxyl groups is 1. The van der Waals surface area contributed by atoms with Crippen LogP contribution in [0.5, 0.6) is 6.08 Å². The van der Waals surface area contributed by atoms with Crippen molar-refractivity contribution < 1.29 is 14.3 Å². The molecule has 0 spiro atoms. The summed E-state index contributed by atoms with van der Waals surface area (Å²) < 4.78 is 10.2. The first-order valence-corrected chi connectivity index (χ1v) is 4.69. The van der Waals surface area contributed by atoms with Gasteiger partial charge in [-0.15, -0.1) is 0 Å². The molecule has 0 saturated carbocycles. The summed E-state index contributed by atoms with van der Waals surface area (Å²) in [5.41, 5.74) is 1.04. The summed E-state index contributed by atoms with van der Waals surface area (Å²) in [6.45, 7) is 3.42. The van der Waals surface area contributed by atoms with Crippen molar-refractivity contribution in [2.24, 2.45) is 0 Å². The maximum atomic E-state index is 9.95. The van der Waals surface area contributed by atoms with Gasteiger partial charge in [0, 0.05) is 5.56 Å². The average Bonchev–Trinajstić information content (AvgIpc) is 2.57. The van der Waals surface area contributed by atoms with Crippen molar-refractivity contribution in [2.75, 3.05) is 7.11 Å². The molecule has 4 nitrogen and oxygen atoms in total. The second kappa shape index (κ2) is 3.24. The number of fused-ring (bicyclic) bond motifs is 1. The molecule has 1 aromatic carbocycles. The third-order valence-corrected chi connectivity index (χ3v) is 2.23. The molecular weight excluding hydrogens is 194 g/mol. The van der Waals surface area contributed by atoms with Gasteiger partial charge in [-0.2, -0.15) is 4.98 Å². The molecule has 0 amide bonds. The van der Waals surface area contributed by atoms with Crippen LogP contribution in [-0.4, -0.2) is 17.2 Å². The highest BCUT2D eigenvalue weighted by Gasteiger charge is 2.21. The predicted molar refractivity (Wildman–Crippen MR) is 55.8 cm³/mol. The van der Waals surface area contributed by atoms with Crippen molar-refractivity contribution in [3.8, 4) is 6.08 Å². The largest absolute Gasteiger partial charge is 0.453 e. The van der Waals surface area contributed by atoms with Crippen LogP contribution in [0.3, 0.4) is 0 Å². The molecule has 1 heterocycles. The van der Waals surface area contributed by atoms with E-state index in [0.29, 0.717) is 11.1 Å². The topological polar surface area (TPSA) is 55.5 Å². The molecule has 0 aliphatic rings. The van der Waals surface area contributed by atoms with E-state index in [1.165, 1.54) is 7.11 Å². The van der Waals surface area contributed by atoms with Crippen LogP contribution in [0.1, 0.15) is 19.4 Å². The lowest BCUT2D eigenvalue weighted by Crippen LogP contribution is -2.15. The fourth-order valence-corrected chi connectivity index (χ4v) is 1.51. The van der Waals surface area contributed by atoms with Gasteiger partial charge in [0.15, 0.2) is 5.58 Å². The average molecular weight is 207 g/mol. The van der Waals surface area contributed by atoms with E-state index in [9.17, 15) is 5.11 Å². The number of rotatable bonds is 2. The molecule has 0 fully saturated rings. The van der Waals surface area contributed by atoms with Crippen LogP contribution in [0.2, 0.25) is 0 Å². The van der Waals surface area contributed by atoms with Gasteiger partial charge in [-0.1, -0.05) is 12.1 Å². The number of aromatic nitrogens is 1. The minimum Gasteiger partial charge on any atom is -0.453 e. The molecule has 2 rings (SSSR count). The third-order valence-electron chi connectivity index (χ3n) is 2.23. The van der Waals surface area contributed by atoms with Gasteiger partial charge < -0.3 is 14.3 Å². The summed E-state index contributed by atoms with van der Waals surface area (Å²) in [7, 11) is 1.49. The Kier molecular flexibility index (Phi) is 2.16. The minimum atomic E-state index is -0.943. The molecule has 0 aliphatic heterocycles. The number of hydrogen-bond donors (Lipinski definition) is 1. The molecule has 0 radical (unpaired) electrons. The van der Waals surface area contributed by atoms with Crippen LogP contribution in [-0.2, 0) is 5.60 Å². The molecule has 0 atom stereocenters. The van der Waals surface area contributed by atoms with Crippen LogP contribution in [0.15, 0.2) is 22.6 Å². The van der Waals surface area contributed by atoms with E-state index >= 15 is 0 Å². The van der Waals surface area contributed by atoms with E-state index < -0.39 is 5.60 Å². The molecule has 4 heteroatoms. The van der Waals surface area contributed by atoms with E-state index in [-0.39, 0.29) is 6.08 Å². The van der Waals surface area contributed by atoms with Crippen molar-refractivity contribution >= 4 is 11.1 Å². The summed E-state index contributed by atoms with van der Waals surface area (Å²) >= 11 is 0. The van der Waals surface area contributed by atoms with Crippen molar-refractivity contribution in [1.29, 1.82) is 0 Å². The summed E-state index contributed by atoms with van der Waals surface area (Å²) in [6, 6.07) is 5.44. The number of para-hydroxylation sites is 1. The zero-order valence-electron chi connectivity index (χ0n) is 8.94. The zero-order chi connectivity index (χ0) is 11.1. The quantitative estimate of drug-likeness (QED) is 0.819. The Labute approximate surface area is 87.5 Å². The smallest absolute Gasteiger partial charge is 0.394 e. The highest BCUT2D eigenvalue weighted by Crippen LogP contribution is 2.30. The molecule has 1 N–H and O–H groups in total. The highest BCUT2D eigenvalue weighted by molar-refractivity contribution is 5.77. The molecule has 0 bridgehead atoms. The number of ether oxygens (including phenoxy) is 1. The van der Waals surface area contributed by atoms with Gasteiger partial charge in [0.25, 0.3) is 0 Å². The third kappa shape index (κ3) is 1.68. The monoisotopic (exact) mass is 207 g/mol. The van der Waals surface area contributed by atoms with Gasteiger partial charge in [-0.3, -0.25) is 0 Å². The first-order chi connectivity index (χ1) is 7.02. The summed E-state index contributed by atoms with van der Waals surface area (Å²) in [5.74, 6) is 0. The Hall–Kier alpha value is -1.55. The lowest BCUT2D eigenvalue weighted by atomic mass is 9.97. The minimum absolute atomic E-state index is 0.210. The predicted octanol–water partition coefficient (Wildman–Crippen LogP) is 2.06. The summed E-state index contributed by atoms with van der Waals surface area (Å²) in [4.78, 5) is 4.15. The van der Waals surface area contributed by atoms with Gasteiger partial charge in [0.1, 0.15) is 5.52 Å². The standard InChI is InChI=1S/C11H13NO3/c1-11(2,13)7-5-4-6-8-9(7)12-10(14-3)15-8/h4-6,13H,1-3H3. The number of oxazole rings is 1. The Morgan fingerprint density at radius 3 is 2.73 bits per heavy atom. The lowest BCUT2D eigenvalue weighted by molar-refractivity contribution is 0.0800. The highest BCUT2D eigenvalue weighted by atomic mass is 16.6. The van der Waals surface area contributed by atoms with E-state index in [1.54, 1.807) is 19.9 Å². The molecule has 0 saturated heterocycles. The molecular formula is C11H13NO3. The van der Waals surface area contributed by atoms with Crippen LogP contribution in [0.25, 0.3) is 11.1 Å². The van der Waals surface area contributed by atoms with Crippen LogP contribution >= 0.6 is 0 Å². The molecule has 0 aliphatic carbocycles. The Balaban J connectivity index is 2.70. The van der Waals surface area contributed by atoms with Crippen molar-refractivity contribution in [3.63, 3.8) is 0 Å². The van der Waals surface area contributed by atoms with Gasteiger partial charge in [0.05, 0.1) is 12.7 Å². The Bertz CT molecular complexity index is 482. The van der Waals surface area contributed by atoms with Gasteiger partial charge in [-0.05, 0) is 19.9 Å². The number of benzene rings is 1. The Morgan fingerprint density at radius 2 is 2.13 bits per heavy atom. The van der Waals surface area contributed by atoms with E-state index in [4.69, 9.17) is 9.15 Å². The summed E-state index contributed by atoms with van der Waals surface area (Å²) in [6.07, 6.45) is 0.210. The SMILES string of the molecule is COc1nc2c(C(C)(C)O)cccc2o1. The molecule has 2 aromatic rings. The maximum absolute atomic E-state index is 9.95. The van der Waals surface area contributed by atoms with Gasteiger partial charge in [0.2, 0.25) is 0 Å². The maximum Gasteiger partial charge on any atom is 0.394 e. The van der Waals surface area contributed by atoms with Gasteiger partial charge >= 0.3 is 6.08 Å². The zero-order valence-corrected chi connectivity index (χ0v) is 8.94. The second-order valence-corrected chi connectivity index (χ2v) is 3.90. The Morgan fingerprint density at radius 1 is 1.40 bits per heavy atom. The van der Waals surface area contributed by atoms with E-state index in [1.807, 2.05) is 12.1 Å². The van der Waals surface area contributed by atoms with E-state index in [2.05, 4.69) is 4.98 Å². The van der Waals surface area contributed by atoms with Crippen LogP contribution in [0, 0.1) is 0 Å². The first-order valence-electron chi connectivity index (χ1n) is 4.69. The van der Waals surface area contributed by atoms with Crippen molar-refractivity contribution in [1.82, 2.24) is 4.98 Å². The second-order valence-electron chi connectivity index (χ2n) is 3.90. The molecule has 1 aromatic heterocycles. The van der Waals surface area contributed by atoms with E-state index in [0.717, 1.165) is 5.56 Å². The van der Waals surface area contributed by atoms with Gasteiger partial charge in [-0.25, -0.2) is 0 Å². The lowest BCUT2D eigenvalue weighted by Gasteiger charge is -2.17. The van der Waals surface area contributed by atoms with Crippen molar-refractivity contribution in [3.05, 3.63) is 23.8 Å². The number of hydrogen-bond acceptors (Lipinski definition) is 4. The molecule has 15 heavy (non-hydrogen) atoms. The number of methoxy groups -OCH3 is 1.